The average Bonchev–Trinajstić information content (AvgIpc) is 2.37. The molecule has 6 heteroatoms. The van der Waals surface area contributed by atoms with Crippen molar-refractivity contribution in [1.29, 1.82) is 0 Å². The molecule has 1 unspecified atom stereocenters. The summed E-state index contributed by atoms with van der Waals surface area (Å²) >= 11 is 0. The molecule has 3 nitrogen and oxygen atoms in total. The maximum Gasteiger partial charge on any atom is 0.322 e. The van der Waals surface area contributed by atoms with Crippen LogP contribution in [0.25, 0.3) is 0 Å². The van der Waals surface area contributed by atoms with Crippen molar-refractivity contribution >= 4 is 16.8 Å². The second-order valence-electron chi connectivity index (χ2n) is 5.00. The third-order valence-corrected chi connectivity index (χ3v) is 5.83. The average molecular weight is 302 g/mol. The third kappa shape index (κ3) is 2.37. The zero-order valence-corrected chi connectivity index (χ0v) is 11.9. The summed E-state index contributed by atoms with van der Waals surface area (Å²) in [5, 5.41) is 9.22. The van der Waals surface area contributed by atoms with E-state index in [9.17, 15) is 22.9 Å². The minimum atomic E-state index is -2.92. The van der Waals surface area contributed by atoms with Gasteiger partial charge in [-0.3, -0.25) is 9.00 Å². The van der Waals surface area contributed by atoms with Gasteiger partial charge in [0, 0.05) is 16.9 Å². The van der Waals surface area contributed by atoms with Gasteiger partial charge in [0.2, 0.25) is 0 Å². The fraction of sp³-hybridized carbons (Fsp3) is 0.500. The van der Waals surface area contributed by atoms with Gasteiger partial charge >= 0.3 is 5.97 Å². The van der Waals surface area contributed by atoms with Crippen LogP contribution in [0.3, 0.4) is 0 Å². The molecule has 0 bridgehead atoms. The number of hydrogen-bond donors (Lipinski definition) is 1. The van der Waals surface area contributed by atoms with E-state index in [1.54, 1.807) is 0 Å². The van der Waals surface area contributed by atoms with Gasteiger partial charge < -0.3 is 5.11 Å². The van der Waals surface area contributed by atoms with Gasteiger partial charge in [0.15, 0.2) is 0 Å². The lowest BCUT2D eigenvalue weighted by Gasteiger charge is -2.36. The molecule has 1 aliphatic carbocycles. The number of rotatable bonds is 5. The van der Waals surface area contributed by atoms with Crippen molar-refractivity contribution in [2.75, 3.05) is 0 Å². The standard InChI is InChI=1S/C14H16F2O3S/c1-2-14(15,16)10-4-6-11(7-5-10)20(19)13(12(17)18)8-3-9-13/h4-7H,2-3,8-9H2,1H3,(H,17,18). The maximum atomic E-state index is 13.5. The molecule has 0 amide bonds. The van der Waals surface area contributed by atoms with Crippen LogP contribution >= 0.6 is 0 Å². The zero-order chi connectivity index (χ0) is 15.0. The van der Waals surface area contributed by atoms with Crippen molar-refractivity contribution in [3.05, 3.63) is 29.8 Å². The van der Waals surface area contributed by atoms with Gasteiger partial charge in [0.1, 0.15) is 4.75 Å². The van der Waals surface area contributed by atoms with Crippen molar-refractivity contribution in [2.24, 2.45) is 0 Å². The van der Waals surface area contributed by atoms with E-state index < -0.39 is 27.4 Å². The Kier molecular flexibility index (Phi) is 3.95. The fourth-order valence-corrected chi connectivity index (χ4v) is 3.88. The Bertz CT molecular complexity index is 536. The molecule has 1 atom stereocenters. The van der Waals surface area contributed by atoms with Gasteiger partial charge in [-0.25, -0.2) is 8.78 Å². The molecule has 1 N–H and O–H groups in total. The first-order valence-corrected chi connectivity index (χ1v) is 7.62. The van der Waals surface area contributed by atoms with Crippen LogP contribution in [0.1, 0.15) is 38.2 Å². The zero-order valence-electron chi connectivity index (χ0n) is 11.1. The quantitative estimate of drug-likeness (QED) is 0.908. The number of alkyl halides is 2. The molecule has 0 saturated heterocycles. The summed E-state index contributed by atoms with van der Waals surface area (Å²) in [6.07, 6.45) is 1.14. The number of carboxylic acids is 1. The fourth-order valence-electron chi connectivity index (χ4n) is 2.23. The van der Waals surface area contributed by atoms with E-state index in [0.717, 1.165) is 6.42 Å². The molecular formula is C14H16F2O3S. The second kappa shape index (κ2) is 5.24. The number of benzene rings is 1. The Morgan fingerprint density at radius 3 is 2.25 bits per heavy atom. The number of halogens is 2. The van der Waals surface area contributed by atoms with E-state index in [1.807, 2.05) is 0 Å². The summed E-state index contributed by atoms with van der Waals surface area (Å²) in [7, 11) is -1.71. The Morgan fingerprint density at radius 1 is 1.35 bits per heavy atom. The van der Waals surface area contributed by atoms with Gasteiger partial charge in [-0.15, -0.1) is 0 Å². The molecule has 20 heavy (non-hydrogen) atoms. The number of carbonyl (C=O) groups is 1. The van der Waals surface area contributed by atoms with Crippen LogP contribution in [0.4, 0.5) is 8.78 Å². The minimum Gasteiger partial charge on any atom is -0.480 e. The van der Waals surface area contributed by atoms with Crippen LogP contribution in [0.15, 0.2) is 29.2 Å². The smallest absolute Gasteiger partial charge is 0.322 e. The van der Waals surface area contributed by atoms with Crippen molar-refractivity contribution in [1.82, 2.24) is 0 Å². The number of aliphatic carboxylic acids is 1. The number of hydrogen-bond acceptors (Lipinski definition) is 2. The van der Waals surface area contributed by atoms with E-state index in [-0.39, 0.29) is 12.0 Å². The van der Waals surface area contributed by atoms with Gasteiger partial charge in [-0.05, 0) is 31.4 Å². The molecule has 0 spiro atoms. The largest absolute Gasteiger partial charge is 0.480 e. The van der Waals surface area contributed by atoms with E-state index in [2.05, 4.69) is 0 Å². The van der Waals surface area contributed by atoms with Crippen molar-refractivity contribution in [2.45, 2.75) is 48.2 Å². The van der Waals surface area contributed by atoms with Gasteiger partial charge in [0.05, 0.1) is 10.8 Å². The van der Waals surface area contributed by atoms with Gasteiger partial charge in [0.25, 0.3) is 5.92 Å². The molecule has 1 fully saturated rings. The normalized spacial score (nSPS) is 19.1. The maximum absolute atomic E-state index is 13.5. The van der Waals surface area contributed by atoms with Crippen molar-refractivity contribution in [3.8, 4) is 0 Å². The molecular weight excluding hydrogens is 286 g/mol. The van der Waals surface area contributed by atoms with E-state index in [0.29, 0.717) is 17.7 Å². The van der Waals surface area contributed by atoms with Crippen LogP contribution in [-0.2, 0) is 21.5 Å². The predicted molar refractivity (Wildman–Crippen MR) is 71.3 cm³/mol. The third-order valence-electron chi connectivity index (χ3n) is 3.84. The predicted octanol–water partition coefficient (Wildman–Crippen LogP) is 3.30. The highest BCUT2D eigenvalue weighted by atomic mass is 32.2. The Hall–Kier alpha value is -1.30. The monoisotopic (exact) mass is 302 g/mol. The summed E-state index contributed by atoms with van der Waals surface area (Å²) in [5.41, 5.74) is -0.140. The Balaban J connectivity index is 2.27. The first kappa shape index (κ1) is 15.1. The molecule has 1 aromatic carbocycles. The topological polar surface area (TPSA) is 54.4 Å². The first-order valence-electron chi connectivity index (χ1n) is 6.47. The minimum absolute atomic E-state index is 0.140. The van der Waals surface area contributed by atoms with Crippen molar-refractivity contribution in [3.63, 3.8) is 0 Å². The highest BCUT2D eigenvalue weighted by Crippen LogP contribution is 2.41. The summed E-state index contributed by atoms with van der Waals surface area (Å²) in [4.78, 5) is 11.6. The summed E-state index contributed by atoms with van der Waals surface area (Å²) in [5.74, 6) is -3.99. The first-order chi connectivity index (χ1) is 9.33. The molecule has 1 aliphatic rings. The Labute approximate surface area is 118 Å². The highest BCUT2D eigenvalue weighted by Gasteiger charge is 2.50. The van der Waals surface area contributed by atoms with Crippen LogP contribution in [0.2, 0.25) is 0 Å². The molecule has 0 radical (unpaired) electrons. The molecule has 0 heterocycles. The molecule has 0 aliphatic heterocycles. The second-order valence-corrected chi connectivity index (χ2v) is 6.79. The Morgan fingerprint density at radius 2 is 1.90 bits per heavy atom. The molecule has 0 aromatic heterocycles. The number of carboxylic acid groups (broad SMARTS) is 1. The van der Waals surface area contributed by atoms with Crippen molar-refractivity contribution < 1.29 is 22.9 Å². The van der Waals surface area contributed by atoms with Crippen LogP contribution in [0.5, 0.6) is 0 Å². The lowest BCUT2D eigenvalue weighted by molar-refractivity contribution is -0.142. The van der Waals surface area contributed by atoms with E-state index in [4.69, 9.17) is 0 Å². The van der Waals surface area contributed by atoms with E-state index >= 15 is 0 Å². The molecule has 110 valence electrons. The van der Waals surface area contributed by atoms with Crippen LogP contribution in [0, 0.1) is 0 Å². The summed E-state index contributed by atoms with van der Waals surface area (Å²) < 4.78 is 38.1. The van der Waals surface area contributed by atoms with Crippen LogP contribution in [-0.4, -0.2) is 20.0 Å². The summed E-state index contributed by atoms with van der Waals surface area (Å²) in [6.45, 7) is 1.39. The van der Waals surface area contributed by atoms with Gasteiger partial charge in [-0.1, -0.05) is 19.1 Å². The lowest BCUT2D eigenvalue weighted by Crippen LogP contribution is -2.49. The molecule has 1 saturated carbocycles. The SMILES string of the molecule is CCC(F)(F)c1ccc(S(=O)C2(C(=O)O)CCC2)cc1. The molecule has 1 aromatic rings. The molecule has 2 rings (SSSR count). The van der Waals surface area contributed by atoms with E-state index in [1.165, 1.54) is 31.2 Å². The summed E-state index contributed by atoms with van der Waals surface area (Å²) in [6, 6.07) is 5.14. The van der Waals surface area contributed by atoms with Crippen LogP contribution < -0.4 is 0 Å². The lowest BCUT2D eigenvalue weighted by atomic mass is 9.84. The van der Waals surface area contributed by atoms with Gasteiger partial charge in [-0.2, -0.15) is 0 Å². The highest BCUT2D eigenvalue weighted by molar-refractivity contribution is 7.87.